The Kier molecular flexibility index (Phi) is 4.81. The lowest BCUT2D eigenvalue weighted by molar-refractivity contribution is -0.947. The second-order valence-corrected chi connectivity index (χ2v) is 7.67. The Labute approximate surface area is 143 Å². The molecule has 0 spiro atoms. The lowest BCUT2D eigenvalue weighted by atomic mass is 9.82. The van der Waals surface area contributed by atoms with Crippen LogP contribution < -0.4 is 5.63 Å². The van der Waals surface area contributed by atoms with E-state index < -0.39 is 5.63 Å². The standard InChI is InChI=1S/C19H28NO4/c1-13-11-17(21)24-14(2)18(13)19(22)23-12-15-7-6-10-20(3)9-5-4-8-16(15)20/h11,15-16H,4-10,12H2,1-3H3/q+1. The number of fused-ring (bicyclic) bond motifs is 1. The second-order valence-electron chi connectivity index (χ2n) is 7.67. The van der Waals surface area contributed by atoms with E-state index in [2.05, 4.69) is 7.05 Å². The molecule has 1 aromatic rings. The van der Waals surface area contributed by atoms with Gasteiger partial charge in [0, 0.05) is 18.4 Å². The summed E-state index contributed by atoms with van der Waals surface area (Å²) in [5.74, 6) is 0.403. The molecule has 0 radical (unpaired) electrons. The molecule has 0 bridgehead atoms. The van der Waals surface area contributed by atoms with E-state index >= 15 is 0 Å². The third-order valence-electron chi connectivity index (χ3n) is 5.97. The summed E-state index contributed by atoms with van der Waals surface area (Å²) in [6.45, 7) is 6.35. The number of ether oxygens (including phenoxy) is 1. The monoisotopic (exact) mass is 334 g/mol. The molecule has 3 heterocycles. The van der Waals surface area contributed by atoms with Crippen LogP contribution in [-0.2, 0) is 4.74 Å². The van der Waals surface area contributed by atoms with Crippen molar-refractivity contribution in [3.63, 3.8) is 0 Å². The van der Waals surface area contributed by atoms with E-state index in [9.17, 15) is 9.59 Å². The first-order valence-electron chi connectivity index (χ1n) is 9.03. The summed E-state index contributed by atoms with van der Waals surface area (Å²) in [7, 11) is 2.36. The van der Waals surface area contributed by atoms with E-state index in [0.29, 0.717) is 35.5 Å². The summed E-state index contributed by atoms with van der Waals surface area (Å²) in [5.41, 5.74) is 0.589. The molecule has 3 atom stereocenters. The maximum atomic E-state index is 12.5. The summed E-state index contributed by atoms with van der Waals surface area (Å²) in [6, 6.07) is 1.95. The largest absolute Gasteiger partial charge is 0.461 e. The van der Waals surface area contributed by atoms with Gasteiger partial charge < -0.3 is 13.6 Å². The molecule has 24 heavy (non-hydrogen) atoms. The smallest absolute Gasteiger partial charge is 0.341 e. The first-order valence-corrected chi connectivity index (χ1v) is 9.03. The normalized spacial score (nSPS) is 29.8. The first-order chi connectivity index (χ1) is 11.4. The molecular formula is C19H28NO4+. The van der Waals surface area contributed by atoms with Crippen LogP contribution in [0.3, 0.4) is 0 Å². The molecule has 2 aliphatic rings. The van der Waals surface area contributed by atoms with Crippen LogP contribution in [0.2, 0.25) is 0 Å². The number of esters is 1. The van der Waals surface area contributed by atoms with Gasteiger partial charge in [0.05, 0.1) is 26.2 Å². The van der Waals surface area contributed by atoms with Crippen molar-refractivity contribution in [3.05, 3.63) is 33.4 Å². The molecule has 0 aliphatic carbocycles. The number of aryl methyl sites for hydroxylation is 2. The van der Waals surface area contributed by atoms with E-state index in [0.717, 1.165) is 10.9 Å². The Morgan fingerprint density at radius 2 is 2.00 bits per heavy atom. The van der Waals surface area contributed by atoms with Gasteiger partial charge in [0.2, 0.25) is 0 Å². The molecule has 0 amide bonds. The predicted octanol–water partition coefficient (Wildman–Crippen LogP) is 2.82. The minimum absolute atomic E-state index is 0.340. The minimum atomic E-state index is -0.427. The second kappa shape index (κ2) is 6.71. The molecular weight excluding hydrogens is 306 g/mol. The SMILES string of the molecule is Cc1cc(=O)oc(C)c1C(=O)OCC1CCC[N+]2(C)CCCCC12. The summed E-state index contributed by atoms with van der Waals surface area (Å²) >= 11 is 0. The Bertz CT molecular complexity index is 650. The van der Waals surface area contributed by atoms with Crippen molar-refractivity contribution in [1.29, 1.82) is 0 Å². The van der Waals surface area contributed by atoms with Gasteiger partial charge in [-0.25, -0.2) is 9.59 Å². The van der Waals surface area contributed by atoms with Crippen molar-refractivity contribution in [2.75, 3.05) is 26.7 Å². The van der Waals surface area contributed by atoms with Crippen LogP contribution in [0.5, 0.6) is 0 Å². The molecule has 2 saturated heterocycles. The van der Waals surface area contributed by atoms with Crippen molar-refractivity contribution >= 4 is 5.97 Å². The molecule has 132 valence electrons. The third-order valence-corrected chi connectivity index (χ3v) is 5.97. The van der Waals surface area contributed by atoms with Crippen LogP contribution >= 0.6 is 0 Å². The summed E-state index contributed by atoms with van der Waals surface area (Å²) < 4.78 is 11.8. The van der Waals surface area contributed by atoms with Crippen LogP contribution in [0.1, 0.15) is 53.8 Å². The molecule has 5 heteroatoms. The zero-order valence-corrected chi connectivity index (χ0v) is 15.0. The molecule has 2 aliphatic heterocycles. The van der Waals surface area contributed by atoms with E-state index in [1.807, 2.05) is 0 Å². The summed E-state index contributed by atoms with van der Waals surface area (Å²) in [5, 5.41) is 0. The number of hydrogen-bond acceptors (Lipinski definition) is 4. The minimum Gasteiger partial charge on any atom is -0.461 e. The van der Waals surface area contributed by atoms with Crippen molar-refractivity contribution in [2.45, 2.75) is 52.0 Å². The molecule has 0 N–H and O–H groups in total. The fourth-order valence-electron chi connectivity index (χ4n) is 4.75. The molecule has 3 rings (SSSR count). The summed E-state index contributed by atoms with van der Waals surface area (Å²) in [6.07, 6.45) is 6.16. The number of carbonyl (C=O) groups excluding carboxylic acids is 1. The highest BCUT2D eigenvalue weighted by molar-refractivity contribution is 5.91. The zero-order valence-electron chi connectivity index (χ0n) is 15.0. The van der Waals surface area contributed by atoms with Gasteiger partial charge in [0.25, 0.3) is 0 Å². The van der Waals surface area contributed by atoms with Crippen LogP contribution in [-0.4, -0.2) is 43.2 Å². The maximum absolute atomic E-state index is 12.5. The predicted molar refractivity (Wildman–Crippen MR) is 91.0 cm³/mol. The Morgan fingerprint density at radius 3 is 2.75 bits per heavy atom. The number of carbonyl (C=O) groups is 1. The summed E-state index contributed by atoms with van der Waals surface area (Å²) in [4.78, 5) is 23.9. The molecule has 2 fully saturated rings. The Morgan fingerprint density at radius 1 is 1.25 bits per heavy atom. The van der Waals surface area contributed by atoms with Gasteiger partial charge in [-0.05, 0) is 45.1 Å². The van der Waals surface area contributed by atoms with Crippen molar-refractivity contribution in [3.8, 4) is 0 Å². The Hall–Kier alpha value is -1.62. The van der Waals surface area contributed by atoms with Gasteiger partial charge in [0.1, 0.15) is 17.9 Å². The van der Waals surface area contributed by atoms with E-state index in [1.54, 1.807) is 13.8 Å². The third kappa shape index (κ3) is 3.27. The first kappa shape index (κ1) is 17.2. The highest BCUT2D eigenvalue weighted by Crippen LogP contribution is 2.36. The fraction of sp³-hybridized carbons (Fsp3) is 0.684. The molecule has 5 nitrogen and oxygen atoms in total. The maximum Gasteiger partial charge on any atom is 0.341 e. The average molecular weight is 334 g/mol. The molecule has 0 saturated carbocycles. The molecule has 1 aromatic heterocycles. The van der Waals surface area contributed by atoms with Crippen LogP contribution in [0.15, 0.2) is 15.3 Å². The topological polar surface area (TPSA) is 56.5 Å². The number of quaternary nitrogens is 1. The van der Waals surface area contributed by atoms with E-state index in [1.165, 1.54) is 44.8 Å². The van der Waals surface area contributed by atoms with Gasteiger partial charge in [-0.3, -0.25) is 0 Å². The zero-order chi connectivity index (χ0) is 17.3. The number of nitrogens with zero attached hydrogens (tertiary/aromatic N) is 1. The van der Waals surface area contributed by atoms with Gasteiger partial charge in [-0.2, -0.15) is 0 Å². The molecule has 0 aromatic carbocycles. The lowest BCUT2D eigenvalue weighted by Crippen LogP contribution is -2.61. The van der Waals surface area contributed by atoms with Crippen LogP contribution in [0.25, 0.3) is 0 Å². The molecule has 3 unspecified atom stereocenters. The quantitative estimate of drug-likeness (QED) is 0.630. The van der Waals surface area contributed by atoms with Crippen LogP contribution in [0.4, 0.5) is 0 Å². The van der Waals surface area contributed by atoms with Gasteiger partial charge in [-0.15, -0.1) is 0 Å². The average Bonchev–Trinajstić information content (AvgIpc) is 2.51. The lowest BCUT2D eigenvalue weighted by Gasteiger charge is -2.51. The van der Waals surface area contributed by atoms with Crippen molar-refractivity contribution in [1.82, 2.24) is 0 Å². The Balaban J connectivity index is 1.69. The highest BCUT2D eigenvalue weighted by Gasteiger charge is 2.43. The van der Waals surface area contributed by atoms with E-state index in [4.69, 9.17) is 9.15 Å². The van der Waals surface area contributed by atoms with Gasteiger partial charge >= 0.3 is 11.6 Å². The number of piperidine rings is 2. The number of rotatable bonds is 3. The number of hydrogen-bond donors (Lipinski definition) is 0. The van der Waals surface area contributed by atoms with Crippen molar-refractivity contribution < 1.29 is 18.4 Å². The fourth-order valence-corrected chi connectivity index (χ4v) is 4.75. The highest BCUT2D eigenvalue weighted by atomic mass is 16.5. The van der Waals surface area contributed by atoms with Gasteiger partial charge in [0.15, 0.2) is 0 Å². The van der Waals surface area contributed by atoms with Gasteiger partial charge in [-0.1, -0.05) is 0 Å². The van der Waals surface area contributed by atoms with Crippen LogP contribution in [0, 0.1) is 19.8 Å². The van der Waals surface area contributed by atoms with E-state index in [-0.39, 0.29) is 5.97 Å². The van der Waals surface area contributed by atoms with Crippen molar-refractivity contribution in [2.24, 2.45) is 5.92 Å².